The van der Waals surface area contributed by atoms with Gasteiger partial charge in [0.15, 0.2) is 0 Å². The molecule has 0 bridgehead atoms. The van der Waals surface area contributed by atoms with Crippen molar-refractivity contribution in [1.29, 1.82) is 0 Å². The van der Waals surface area contributed by atoms with Crippen molar-refractivity contribution in [1.82, 2.24) is 14.9 Å². The van der Waals surface area contributed by atoms with Gasteiger partial charge >= 0.3 is 0 Å². The summed E-state index contributed by atoms with van der Waals surface area (Å²) in [5, 5.41) is 6.78. The highest BCUT2D eigenvalue weighted by molar-refractivity contribution is 7.89. The van der Waals surface area contributed by atoms with Crippen molar-refractivity contribution >= 4 is 15.8 Å². The molecule has 0 atom stereocenters. The van der Waals surface area contributed by atoms with E-state index in [9.17, 15) is 8.42 Å². The molecule has 0 unspecified atom stereocenters. The van der Waals surface area contributed by atoms with E-state index in [2.05, 4.69) is 20.2 Å². The second-order valence-electron chi connectivity index (χ2n) is 4.53. The molecule has 2 rings (SSSR count). The largest absolute Gasteiger partial charge is 0.370 e. The number of nitrogens with zero attached hydrogens (tertiary/aromatic N) is 2. The summed E-state index contributed by atoms with van der Waals surface area (Å²) in [6.45, 7) is 6.25. The quantitative estimate of drug-likeness (QED) is 0.841. The van der Waals surface area contributed by atoms with Crippen LogP contribution in [0.3, 0.4) is 0 Å². The van der Waals surface area contributed by atoms with E-state index in [1.54, 1.807) is 13.8 Å². The maximum atomic E-state index is 12.3. The second-order valence-corrected chi connectivity index (χ2v) is 6.30. The molecule has 0 aromatic carbocycles. The van der Waals surface area contributed by atoms with Gasteiger partial charge in [-0.2, -0.15) is 0 Å². The number of rotatable bonds is 6. The van der Waals surface area contributed by atoms with Gasteiger partial charge in [-0.1, -0.05) is 5.16 Å². The lowest BCUT2D eigenvalue weighted by Crippen LogP contribution is -2.24. The van der Waals surface area contributed by atoms with Crippen LogP contribution in [0, 0.1) is 13.8 Å². The van der Waals surface area contributed by atoms with Gasteiger partial charge in [0, 0.05) is 30.9 Å². The van der Waals surface area contributed by atoms with Crippen LogP contribution in [0.4, 0.5) is 5.82 Å². The van der Waals surface area contributed by atoms with Gasteiger partial charge < -0.3 is 9.84 Å². The van der Waals surface area contributed by atoms with Crippen LogP contribution in [-0.4, -0.2) is 25.1 Å². The minimum Gasteiger partial charge on any atom is -0.370 e. The fourth-order valence-electron chi connectivity index (χ4n) is 1.86. The topological polar surface area (TPSA) is 97.1 Å². The minimum atomic E-state index is -3.61. The molecular formula is C13H18N4O3S. The first-order valence-electron chi connectivity index (χ1n) is 6.55. The van der Waals surface area contributed by atoms with Crippen molar-refractivity contribution in [3.63, 3.8) is 0 Å². The molecule has 2 heterocycles. The highest BCUT2D eigenvalue weighted by atomic mass is 32.2. The number of pyridine rings is 1. The van der Waals surface area contributed by atoms with Crippen LogP contribution < -0.4 is 10.0 Å². The number of nitrogens with one attached hydrogen (secondary N) is 2. The molecular weight excluding hydrogens is 292 g/mol. The first-order valence-corrected chi connectivity index (χ1v) is 8.03. The van der Waals surface area contributed by atoms with Gasteiger partial charge in [0.1, 0.15) is 11.6 Å². The number of sulfonamides is 1. The Labute approximate surface area is 123 Å². The molecule has 2 aromatic rings. The molecule has 0 aliphatic carbocycles. The average Bonchev–Trinajstić information content (AvgIpc) is 2.77. The van der Waals surface area contributed by atoms with E-state index in [0.717, 1.165) is 5.56 Å². The van der Waals surface area contributed by atoms with Gasteiger partial charge in [0.05, 0.1) is 10.6 Å². The maximum absolute atomic E-state index is 12.3. The Kier molecular flexibility index (Phi) is 4.59. The molecule has 0 fully saturated rings. The third-order valence-corrected chi connectivity index (χ3v) is 4.42. The number of aromatic nitrogens is 2. The van der Waals surface area contributed by atoms with E-state index in [-0.39, 0.29) is 11.4 Å². The Morgan fingerprint density at radius 3 is 2.71 bits per heavy atom. The van der Waals surface area contributed by atoms with Crippen molar-refractivity contribution in [3.8, 4) is 0 Å². The molecule has 0 aliphatic heterocycles. The standard InChI is InChI=1S/C13H18N4O3S/c1-4-14-13-7-11(5-6-15-13)21(18,19)16-8-12-9(2)17-20-10(12)3/h5-7,16H,4,8H2,1-3H3,(H,14,15). The van der Waals surface area contributed by atoms with Crippen LogP contribution in [0.5, 0.6) is 0 Å². The van der Waals surface area contributed by atoms with Crippen molar-refractivity contribution in [2.24, 2.45) is 0 Å². The second kappa shape index (κ2) is 6.23. The zero-order chi connectivity index (χ0) is 15.5. The summed E-state index contributed by atoms with van der Waals surface area (Å²) in [6, 6.07) is 2.95. The van der Waals surface area contributed by atoms with E-state index in [0.29, 0.717) is 23.8 Å². The zero-order valence-electron chi connectivity index (χ0n) is 12.2. The molecule has 0 amide bonds. The molecule has 114 valence electrons. The van der Waals surface area contributed by atoms with Gasteiger partial charge in [-0.3, -0.25) is 0 Å². The van der Waals surface area contributed by atoms with E-state index >= 15 is 0 Å². The number of anilines is 1. The summed E-state index contributed by atoms with van der Waals surface area (Å²) >= 11 is 0. The van der Waals surface area contributed by atoms with Crippen molar-refractivity contribution in [3.05, 3.63) is 35.3 Å². The molecule has 21 heavy (non-hydrogen) atoms. The Bertz CT molecular complexity index is 705. The predicted octanol–water partition coefficient (Wildman–Crippen LogP) is 1.60. The van der Waals surface area contributed by atoms with Gasteiger partial charge in [-0.25, -0.2) is 18.1 Å². The van der Waals surface area contributed by atoms with Crippen LogP contribution >= 0.6 is 0 Å². The van der Waals surface area contributed by atoms with Crippen LogP contribution in [0.1, 0.15) is 23.9 Å². The monoisotopic (exact) mass is 310 g/mol. The van der Waals surface area contributed by atoms with Gasteiger partial charge in [0.2, 0.25) is 10.0 Å². The van der Waals surface area contributed by atoms with E-state index in [1.165, 1.54) is 18.3 Å². The molecule has 8 heteroatoms. The molecule has 2 aromatic heterocycles. The van der Waals surface area contributed by atoms with Gasteiger partial charge in [0.25, 0.3) is 0 Å². The number of hydrogen-bond donors (Lipinski definition) is 2. The van der Waals surface area contributed by atoms with Crippen molar-refractivity contribution < 1.29 is 12.9 Å². The summed E-state index contributed by atoms with van der Waals surface area (Å²) < 4.78 is 32.1. The Morgan fingerprint density at radius 1 is 1.33 bits per heavy atom. The third-order valence-electron chi connectivity index (χ3n) is 3.02. The zero-order valence-corrected chi connectivity index (χ0v) is 13.0. The fraction of sp³-hybridized carbons (Fsp3) is 0.385. The van der Waals surface area contributed by atoms with Crippen molar-refractivity contribution in [2.45, 2.75) is 32.2 Å². The lowest BCUT2D eigenvalue weighted by molar-refractivity contribution is 0.392. The summed E-state index contributed by atoms with van der Waals surface area (Å²) in [6.07, 6.45) is 1.46. The normalized spacial score (nSPS) is 11.6. The average molecular weight is 310 g/mol. The first kappa shape index (κ1) is 15.5. The van der Waals surface area contributed by atoms with Gasteiger partial charge in [-0.15, -0.1) is 0 Å². The number of hydrogen-bond acceptors (Lipinski definition) is 6. The Balaban J connectivity index is 2.17. The van der Waals surface area contributed by atoms with Crippen LogP contribution in [0.15, 0.2) is 27.7 Å². The van der Waals surface area contributed by atoms with E-state index in [4.69, 9.17) is 4.52 Å². The molecule has 7 nitrogen and oxygen atoms in total. The maximum Gasteiger partial charge on any atom is 0.241 e. The summed E-state index contributed by atoms with van der Waals surface area (Å²) in [4.78, 5) is 4.22. The summed E-state index contributed by atoms with van der Waals surface area (Å²) in [5.74, 6) is 1.14. The SMILES string of the molecule is CCNc1cc(S(=O)(=O)NCc2c(C)noc2C)ccn1. The van der Waals surface area contributed by atoms with Crippen LogP contribution in [0.25, 0.3) is 0 Å². The molecule has 2 N–H and O–H groups in total. The highest BCUT2D eigenvalue weighted by Gasteiger charge is 2.17. The minimum absolute atomic E-state index is 0.141. The predicted molar refractivity (Wildman–Crippen MR) is 78.4 cm³/mol. The Hall–Kier alpha value is -1.93. The van der Waals surface area contributed by atoms with Crippen LogP contribution in [0.2, 0.25) is 0 Å². The molecule has 0 radical (unpaired) electrons. The summed E-state index contributed by atoms with van der Waals surface area (Å²) in [5.41, 5.74) is 1.43. The fourth-order valence-corrected chi connectivity index (χ4v) is 2.87. The van der Waals surface area contributed by atoms with Gasteiger partial charge in [-0.05, 0) is 26.8 Å². The van der Waals surface area contributed by atoms with Crippen LogP contribution in [-0.2, 0) is 16.6 Å². The lowest BCUT2D eigenvalue weighted by Gasteiger charge is -2.08. The van der Waals surface area contributed by atoms with Crippen molar-refractivity contribution in [2.75, 3.05) is 11.9 Å². The summed E-state index contributed by atoms with van der Waals surface area (Å²) in [7, 11) is -3.61. The Morgan fingerprint density at radius 2 is 2.10 bits per heavy atom. The molecule has 0 aliphatic rings. The lowest BCUT2D eigenvalue weighted by atomic mass is 10.2. The third kappa shape index (κ3) is 3.59. The number of aryl methyl sites for hydroxylation is 2. The highest BCUT2D eigenvalue weighted by Crippen LogP contribution is 2.15. The molecule has 0 saturated heterocycles. The molecule has 0 spiro atoms. The van der Waals surface area contributed by atoms with E-state index in [1.807, 2.05) is 6.92 Å². The van der Waals surface area contributed by atoms with E-state index < -0.39 is 10.0 Å². The smallest absolute Gasteiger partial charge is 0.241 e. The molecule has 0 saturated carbocycles. The first-order chi connectivity index (χ1) is 9.94.